The molecule has 0 atom stereocenters. The normalized spacial score (nSPS) is 22.8. The molecule has 1 fully saturated rings. The summed E-state index contributed by atoms with van der Waals surface area (Å²) in [5.74, 6) is 0. The van der Waals surface area contributed by atoms with Crippen LogP contribution < -0.4 is 11.1 Å². The molecule has 1 aliphatic carbocycles. The number of anilines is 1. The fourth-order valence-electron chi connectivity index (χ4n) is 2.75. The van der Waals surface area contributed by atoms with Crippen LogP contribution in [0.3, 0.4) is 0 Å². The van der Waals surface area contributed by atoms with Gasteiger partial charge in [-0.1, -0.05) is 19.4 Å². The summed E-state index contributed by atoms with van der Waals surface area (Å²) in [6.07, 6.45) is 6.63. The van der Waals surface area contributed by atoms with E-state index in [0.717, 1.165) is 49.8 Å². The molecule has 0 unspecified atom stereocenters. The standard InChI is InChI=1S/C16H23N3/c1-2-3-13-5-4-12(11-17)10-16(13)19-15-8-6-14(18)7-9-15/h4-5,10,14-15,19H,2-3,6-9,18H2,1H3. The predicted octanol–water partition coefficient (Wildman–Crippen LogP) is 3.19. The van der Waals surface area contributed by atoms with Crippen LogP contribution >= 0.6 is 0 Å². The molecule has 1 aromatic carbocycles. The molecule has 0 spiro atoms. The molecule has 3 heteroatoms. The van der Waals surface area contributed by atoms with Crippen LogP contribution in [0.15, 0.2) is 18.2 Å². The monoisotopic (exact) mass is 257 g/mol. The summed E-state index contributed by atoms with van der Waals surface area (Å²) in [4.78, 5) is 0. The van der Waals surface area contributed by atoms with Crippen LogP contribution in [-0.2, 0) is 6.42 Å². The van der Waals surface area contributed by atoms with Gasteiger partial charge in [0.1, 0.15) is 0 Å². The number of nitrogens with zero attached hydrogens (tertiary/aromatic N) is 1. The van der Waals surface area contributed by atoms with Gasteiger partial charge in [-0.15, -0.1) is 0 Å². The maximum absolute atomic E-state index is 9.03. The third-order valence-electron chi connectivity index (χ3n) is 3.89. The van der Waals surface area contributed by atoms with Gasteiger partial charge in [-0.3, -0.25) is 0 Å². The van der Waals surface area contributed by atoms with Crippen molar-refractivity contribution in [2.24, 2.45) is 5.73 Å². The van der Waals surface area contributed by atoms with Gasteiger partial charge in [0.2, 0.25) is 0 Å². The number of aryl methyl sites for hydroxylation is 1. The summed E-state index contributed by atoms with van der Waals surface area (Å²) in [7, 11) is 0. The van der Waals surface area contributed by atoms with Gasteiger partial charge in [-0.05, 0) is 49.8 Å². The largest absolute Gasteiger partial charge is 0.382 e. The van der Waals surface area contributed by atoms with Gasteiger partial charge in [0.25, 0.3) is 0 Å². The van der Waals surface area contributed by atoms with Crippen LogP contribution in [-0.4, -0.2) is 12.1 Å². The van der Waals surface area contributed by atoms with E-state index in [1.807, 2.05) is 12.1 Å². The van der Waals surface area contributed by atoms with E-state index < -0.39 is 0 Å². The minimum atomic E-state index is 0.374. The van der Waals surface area contributed by atoms with E-state index in [1.54, 1.807) is 0 Å². The zero-order valence-electron chi connectivity index (χ0n) is 11.7. The number of nitrogens with one attached hydrogen (secondary N) is 1. The minimum Gasteiger partial charge on any atom is -0.382 e. The third-order valence-corrected chi connectivity index (χ3v) is 3.89. The Bertz CT molecular complexity index is 454. The van der Waals surface area contributed by atoms with Gasteiger partial charge in [-0.25, -0.2) is 0 Å². The summed E-state index contributed by atoms with van der Waals surface area (Å²) in [5.41, 5.74) is 9.13. The molecule has 0 aromatic heterocycles. The van der Waals surface area contributed by atoms with Gasteiger partial charge in [0.05, 0.1) is 11.6 Å². The van der Waals surface area contributed by atoms with Crippen LogP contribution in [0.2, 0.25) is 0 Å². The summed E-state index contributed by atoms with van der Waals surface area (Å²) in [6, 6.07) is 9.08. The van der Waals surface area contributed by atoms with E-state index in [1.165, 1.54) is 5.56 Å². The van der Waals surface area contributed by atoms with Crippen LogP contribution in [0.1, 0.15) is 50.2 Å². The highest BCUT2D eigenvalue weighted by atomic mass is 14.9. The number of rotatable bonds is 4. The van der Waals surface area contributed by atoms with Crippen molar-refractivity contribution < 1.29 is 0 Å². The van der Waals surface area contributed by atoms with Crippen molar-refractivity contribution in [1.29, 1.82) is 5.26 Å². The fraction of sp³-hybridized carbons (Fsp3) is 0.562. The molecular formula is C16H23N3. The van der Waals surface area contributed by atoms with E-state index in [9.17, 15) is 0 Å². The molecule has 0 saturated heterocycles. The van der Waals surface area contributed by atoms with Gasteiger partial charge < -0.3 is 11.1 Å². The highest BCUT2D eigenvalue weighted by molar-refractivity contribution is 5.56. The second-order valence-corrected chi connectivity index (χ2v) is 5.49. The van der Waals surface area contributed by atoms with E-state index in [0.29, 0.717) is 12.1 Å². The summed E-state index contributed by atoms with van der Waals surface area (Å²) in [5, 5.41) is 12.7. The van der Waals surface area contributed by atoms with E-state index in [4.69, 9.17) is 11.0 Å². The van der Waals surface area contributed by atoms with Crippen molar-refractivity contribution in [2.75, 3.05) is 5.32 Å². The summed E-state index contributed by atoms with van der Waals surface area (Å²) >= 11 is 0. The van der Waals surface area contributed by atoms with E-state index >= 15 is 0 Å². The van der Waals surface area contributed by atoms with Crippen molar-refractivity contribution in [2.45, 2.75) is 57.5 Å². The lowest BCUT2D eigenvalue weighted by molar-refractivity contribution is 0.411. The first-order chi connectivity index (χ1) is 9.22. The first kappa shape index (κ1) is 13.9. The fourth-order valence-corrected chi connectivity index (χ4v) is 2.75. The van der Waals surface area contributed by atoms with Gasteiger partial charge >= 0.3 is 0 Å². The third kappa shape index (κ3) is 3.71. The van der Waals surface area contributed by atoms with E-state index in [2.05, 4.69) is 24.4 Å². The maximum Gasteiger partial charge on any atom is 0.0992 e. The van der Waals surface area contributed by atoms with E-state index in [-0.39, 0.29) is 0 Å². The molecule has 0 bridgehead atoms. The van der Waals surface area contributed by atoms with Crippen LogP contribution in [0.4, 0.5) is 5.69 Å². The van der Waals surface area contributed by atoms with Crippen molar-refractivity contribution in [3.8, 4) is 6.07 Å². The zero-order valence-corrected chi connectivity index (χ0v) is 11.7. The quantitative estimate of drug-likeness (QED) is 0.870. The van der Waals surface area contributed by atoms with Gasteiger partial charge in [0.15, 0.2) is 0 Å². The summed E-state index contributed by atoms with van der Waals surface area (Å²) < 4.78 is 0. The van der Waals surface area contributed by atoms with Crippen LogP contribution in [0, 0.1) is 11.3 Å². The second-order valence-electron chi connectivity index (χ2n) is 5.49. The molecule has 2 rings (SSSR count). The van der Waals surface area contributed by atoms with Crippen molar-refractivity contribution >= 4 is 5.69 Å². The Morgan fingerprint density at radius 1 is 1.32 bits per heavy atom. The number of benzene rings is 1. The summed E-state index contributed by atoms with van der Waals surface area (Å²) in [6.45, 7) is 2.18. The molecule has 0 aliphatic heterocycles. The SMILES string of the molecule is CCCc1ccc(C#N)cc1NC1CCC(N)CC1. The first-order valence-electron chi connectivity index (χ1n) is 7.28. The number of nitrogens with two attached hydrogens (primary N) is 1. The highest BCUT2D eigenvalue weighted by Gasteiger charge is 2.19. The topological polar surface area (TPSA) is 61.8 Å². The molecule has 1 saturated carbocycles. The Kier molecular flexibility index (Phi) is 4.81. The molecule has 1 aromatic rings. The van der Waals surface area contributed by atoms with Crippen LogP contribution in [0.25, 0.3) is 0 Å². The average Bonchev–Trinajstić information content (AvgIpc) is 2.43. The molecule has 19 heavy (non-hydrogen) atoms. The molecule has 3 nitrogen and oxygen atoms in total. The van der Waals surface area contributed by atoms with Gasteiger partial charge in [0, 0.05) is 17.8 Å². The van der Waals surface area contributed by atoms with Crippen molar-refractivity contribution in [1.82, 2.24) is 0 Å². The lowest BCUT2D eigenvalue weighted by atomic mass is 9.91. The molecule has 0 heterocycles. The predicted molar refractivity (Wildman–Crippen MR) is 79.0 cm³/mol. The Hall–Kier alpha value is -1.53. The number of hydrogen-bond acceptors (Lipinski definition) is 3. The number of nitriles is 1. The molecule has 3 N–H and O–H groups in total. The Labute approximate surface area is 115 Å². The lowest BCUT2D eigenvalue weighted by Gasteiger charge is -2.28. The Morgan fingerprint density at radius 2 is 2.05 bits per heavy atom. The van der Waals surface area contributed by atoms with Crippen molar-refractivity contribution in [3.63, 3.8) is 0 Å². The molecular weight excluding hydrogens is 234 g/mol. The maximum atomic E-state index is 9.03. The Morgan fingerprint density at radius 3 is 2.68 bits per heavy atom. The molecule has 0 amide bonds. The first-order valence-corrected chi connectivity index (χ1v) is 7.28. The molecule has 0 radical (unpaired) electrons. The second kappa shape index (κ2) is 6.58. The average molecular weight is 257 g/mol. The highest BCUT2D eigenvalue weighted by Crippen LogP contribution is 2.25. The Balaban J connectivity index is 2.11. The zero-order chi connectivity index (χ0) is 13.7. The lowest BCUT2D eigenvalue weighted by Crippen LogP contribution is -2.33. The minimum absolute atomic E-state index is 0.374. The molecule has 1 aliphatic rings. The van der Waals surface area contributed by atoms with Crippen LogP contribution in [0.5, 0.6) is 0 Å². The van der Waals surface area contributed by atoms with Crippen molar-refractivity contribution in [3.05, 3.63) is 29.3 Å². The van der Waals surface area contributed by atoms with Gasteiger partial charge in [-0.2, -0.15) is 5.26 Å². The molecule has 102 valence electrons. The smallest absolute Gasteiger partial charge is 0.0992 e. The number of hydrogen-bond donors (Lipinski definition) is 2.